The molecule has 0 spiro atoms. The highest BCUT2D eigenvalue weighted by molar-refractivity contribution is 5.27. The fourth-order valence-electron chi connectivity index (χ4n) is 5.61. The van der Waals surface area contributed by atoms with Crippen molar-refractivity contribution in [2.45, 2.75) is 63.8 Å². The van der Waals surface area contributed by atoms with Crippen molar-refractivity contribution in [3.05, 3.63) is 17.5 Å². The molecule has 4 fully saturated rings. The van der Waals surface area contributed by atoms with Crippen LogP contribution in [0.2, 0.25) is 0 Å². The molecule has 0 atom stereocenters. The van der Waals surface area contributed by atoms with Gasteiger partial charge in [0.25, 0.3) is 0 Å². The van der Waals surface area contributed by atoms with Crippen LogP contribution in [-0.4, -0.2) is 11.7 Å². The zero-order valence-corrected chi connectivity index (χ0v) is 12.5. The van der Waals surface area contributed by atoms with E-state index >= 15 is 0 Å². The second-order valence-corrected chi connectivity index (χ2v) is 7.55. The quantitative estimate of drug-likeness (QED) is 0.833. The van der Waals surface area contributed by atoms with Gasteiger partial charge < -0.3 is 9.84 Å². The third kappa shape index (κ3) is 2.02. The first-order valence-electron chi connectivity index (χ1n) is 8.44. The first kappa shape index (κ1) is 12.9. The Balaban J connectivity index is 1.59. The summed E-state index contributed by atoms with van der Waals surface area (Å²) in [6.07, 6.45) is 11.7. The third-order valence-corrected chi connectivity index (χ3v) is 5.91. The summed E-state index contributed by atoms with van der Waals surface area (Å²) in [6, 6.07) is 0. The average molecular weight is 274 g/mol. The summed E-state index contributed by atoms with van der Waals surface area (Å²) in [5, 5.41) is 7.65. The first-order valence-corrected chi connectivity index (χ1v) is 8.44. The van der Waals surface area contributed by atoms with Crippen LogP contribution in [-0.2, 0) is 12.0 Å². The molecule has 0 amide bonds. The predicted octanol–water partition coefficient (Wildman–Crippen LogP) is 3.64. The minimum Gasteiger partial charge on any atom is -0.360 e. The van der Waals surface area contributed by atoms with E-state index in [9.17, 15) is 0 Å². The van der Waals surface area contributed by atoms with Gasteiger partial charge in [0, 0.05) is 17.5 Å². The Morgan fingerprint density at radius 3 is 2.45 bits per heavy atom. The molecule has 3 nitrogen and oxygen atoms in total. The van der Waals surface area contributed by atoms with Gasteiger partial charge in [-0.3, -0.25) is 0 Å². The Morgan fingerprint density at radius 1 is 1.20 bits per heavy atom. The van der Waals surface area contributed by atoms with Crippen molar-refractivity contribution < 1.29 is 4.52 Å². The van der Waals surface area contributed by atoms with Gasteiger partial charge in [0.1, 0.15) is 5.76 Å². The molecule has 0 aliphatic heterocycles. The normalized spacial score (nSPS) is 38.5. The number of hydrogen-bond donors (Lipinski definition) is 1. The highest BCUT2D eigenvalue weighted by atomic mass is 16.5. The number of aromatic nitrogens is 1. The lowest BCUT2D eigenvalue weighted by Crippen LogP contribution is -2.48. The number of nitrogens with zero attached hydrogens (tertiary/aromatic N) is 1. The van der Waals surface area contributed by atoms with Gasteiger partial charge >= 0.3 is 0 Å². The topological polar surface area (TPSA) is 38.1 Å². The van der Waals surface area contributed by atoms with Crippen LogP contribution in [0, 0.1) is 17.8 Å². The molecule has 4 aliphatic rings. The van der Waals surface area contributed by atoms with Crippen LogP contribution < -0.4 is 5.32 Å². The van der Waals surface area contributed by atoms with Crippen LogP contribution in [0.4, 0.5) is 0 Å². The molecule has 0 aromatic carbocycles. The summed E-state index contributed by atoms with van der Waals surface area (Å²) in [6.45, 7) is 4.21. The van der Waals surface area contributed by atoms with E-state index in [1.807, 2.05) is 6.20 Å². The number of nitrogens with one attached hydrogen (secondary N) is 1. The van der Waals surface area contributed by atoms with Gasteiger partial charge in [0.15, 0.2) is 0 Å². The van der Waals surface area contributed by atoms with Gasteiger partial charge in [-0.15, -0.1) is 0 Å². The van der Waals surface area contributed by atoms with E-state index in [-0.39, 0.29) is 0 Å². The van der Waals surface area contributed by atoms with Crippen molar-refractivity contribution in [2.24, 2.45) is 17.8 Å². The van der Waals surface area contributed by atoms with E-state index in [4.69, 9.17) is 4.52 Å². The number of rotatable bonds is 5. The van der Waals surface area contributed by atoms with E-state index in [0.717, 1.165) is 30.8 Å². The maximum Gasteiger partial charge on any atom is 0.147 e. The molecule has 5 rings (SSSR count). The maximum absolute atomic E-state index is 5.79. The molecule has 1 aromatic rings. The summed E-state index contributed by atoms with van der Waals surface area (Å²) < 4.78 is 5.79. The zero-order valence-electron chi connectivity index (χ0n) is 12.5. The molecule has 4 saturated carbocycles. The van der Waals surface area contributed by atoms with Gasteiger partial charge in [-0.2, -0.15) is 0 Å². The van der Waals surface area contributed by atoms with E-state index in [0.29, 0.717) is 5.41 Å². The standard InChI is InChI=1S/C17H26N2O/c1-2-3-18-10-15-11-19-20-16(15)17-7-12-4-13(8-17)6-14(5-12)9-17/h11-14,18H,2-10H2,1H3. The minimum atomic E-state index is 0.342. The highest BCUT2D eigenvalue weighted by Crippen LogP contribution is 2.61. The van der Waals surface area contributed by atoms with Crippen LogP contribution in [0.5, 0.6) is 0 Å². The molecular formula is C17H26N2O. The van der Waals surface area contributed by atoms with Crippen LogP contribution in [0.15, 0.2) is 10.7 Å². The van der Waals surface area contributed by atoms with E-state index in [2.05, 4.69) is 17.4 Å². The molecule has 0 unspecified atom stereocenters. The smallest absolute Gasteiger partial charge is 0.147 e. The van der Waals surface area contributed by atoms with E-state index < -0.39 is 0 Å². The molecule has 1 heterocycles. The van der Waals surface area contributed by atoms with Crippen molar-refractivity contribution in [1.29, 1.82) is 0 Å². The lowest BCUT2D eigenvalue weighted by atomic mass is 9.49. The lowest BCUT2D eigenvalue weighted by molar-refractivity contribution is -0.0181. The average Bonchev–Trinajstić information content (AvgIpc) is 2.86. The Bertz CT molecular complexity index is 444. The molecule has 110 valence electrons. The minimum absolute atomic E-state index is 0.342. The Morgan fingerprint density at radius 2 is 1.85 bits per heavy atom. The first-order chi connectivity index (χ1) is 9.79. The van der Waals surface area contributed by atoms with Gasteiger partial charge in [0.05, 0.1) is 6.20 Å². The summed E-state index contributed by atoms with van der Waals surface area (Å²) in [5.74, 6) is 4.12. The maximum atomic E-state index is 5.79. The summed E-state index contributed by atoms with van der Waals surface area (Å²) in [5.41, 5.74) is 1.66. The zero-order chi connectivity index (χ0) is 13.6. The summed E-state index contributed by atoms with van der Waals surface area (Å²) >= 11 is 0. The molecule has 4 aliphatic carbocycles. The molecule has 1 N–H and O–H groups in total. The van der Waals surface area contributed by atoms with Crippen molar-refractivity contribution in [3.8, 4) is 0 Å². The molecule has 1 aromatic heterocycles. The van der Waals surface area contributed by atoms with Gasteiger partial charge in [-0.1, -0.05) is 12.1 Å². The molecule has 4 bridgehead atoms. The van der Waals surface area contributed by atoms with Crippen LogP contribution >= 0.6 is 0 Å². The van der Waals surface area contributed by atoms with Gasteiger partial charge in [-0.05, 0) is 69.2 Å². The molecule has 3 heteroatoms. The van der Waals surface area contributed by atoms with Gasteiger partial charge in [-0.25, -0.2) is 0 Å². The number of hydrogen-bond acceptors (Lipinski definition) is 3. The third-order valence-electron chi connectivity index (χ3n) is 5.91. The monoisotopic (exact) mass is 274 g/mol. The molecular weight excluding hydrogens is 248 g/mol. The lowest BCUT2D eigenvalue weighted by Gasteiger charge is -2.55. The van der Waals surface area contributed by atoms with Gasteiger partial charge in [0.2, 0.25) is 0 Å². The largest absolute Gasteiger partial charge is 0.360 e. The van der Waals surface area contributed by atoms with Crippen molar-refractivity contribution in [3.63, 3.8) is 0 Å². The highest BCUT2D eigenvalue weighted by Gasteiger charge is 2.54. The fraction of sp³-hybridized carbons (Fsp3) is 0.824. The second kappa shape index (κ2) is 4.87. The van der Waals surface area contributed by atoms with E-state index in [1.54, 1.807) is 0 Å². The van der Waals surface area contributed by atoms with E-state index in [1.165, 1.54) is 56.3 Å². The second-order valence-electron chi connectivity index (χ2n) is 7.55. The summed E-state index contributed by atoms with van der Waals surface area (Å²) in [7, 11) is 0. The Kier molecular flexibility index (Phi) is 3.13. The summed E-state index contributed by atoms with van der Waals surface area (Å²) in [4.78, 5) is 0. The molecule has 0 saturated heterocycles. The molecule has 20 heavy (non-hydrogen) atoms. The molecule has 0 radical (unpaired) electrons. The van der Waals surface area contributed by atoms with Crippen LogP contribution in [0.25, 0.3) is 0 Å². The fourth-order valence-corrected chi connectivity index (χ4v) is 5.61. The van der Waals surface area contributed by atoms with Crippen molar-refractivity contribution in [2.75, 3.05) is 6.54 Å². The predicted molar refractivity (Wildman–Crippen MR) is 78.4 cm³/mol. The van der Waals surface area contributed by atoms with Crippen LogP contribution in [0.3, 0.4) is 0 Å². The van der Waals surface area contributed by atoms with Crippen molar-refractivity contribution >= 4 is 0 Å². The van der Waals surface area contributed by atoms with Crippen LogP contribution in [0.1, 0.15) is 63.2 Å². The Hall–Kier alpha value is -0.830. The van der Waals surface area contributed by atoms with Crippen molar-refractivity contribution in [1.82, 2.24) is 10.5 Å². The Labute approximate surface area is 121 Å². The SMILES string of the molecule is CCCNCc1cnoc1C12CC3CC(CC(C3)C1)C2.